The van der Waals surface area contributed by atoms with Crippen molar-refractivity contribution in [3.05, 3.63) is 29.0 Å². The van der Waals surface area contributed by atoms with E-state index in [-0.39, 0.29) is 6.04 Å². The normalized spacial score (nSPS) is 21.6. The fraction of sp³-hybridized carbons (Fsp3) is 0.579. The van der Waals surface area contributed by atoms with Crippen molar-refractivity contribution < 1.29 is 13.2 Å². The van der Waals surface area contributed by atoms with Crippen molar-refractivity contribution >= 4 is 27.3 Å². The number of sulfone groups is 1. The molecule has 1 aliphatic heterocycles. The Morgan fingerprint density at radius 1 is 1.32 bits per heavy atom. The van der Waals surface area contributed by atoms with E-state index in [2.05, 4.69) is 27.3 Å². The number of aryl methyl sites for hydroxylation is 1. The first kappa shape index (κ1) is 19.2. The van der Waals surface area contributed by atoms with Crippen molar-refractivity contribution in [2.24, 2.45) is 0 Å². The topological polar surface area (TPSA) is 100 Å². The molecule has 0 aromatic carbocycles. The van der Waals surface area contributed by atoms with Gasteiger partial charge in [-0.2, -0.15) is 5.10 Å². The Hall–Kier alpha value is -2.13. The highest BCUT2D eigenvalue weighted by Crippen LogP contribution is 2.54. The number of nitrogens with zero attached hydrogens (tertiary/aromatic N) is 3. The molecular weight excluding hydrogens is 378 g/mol. The van der Waals surface area contributed by atoms with E-state index < -0.39 is 14.6 Å². The summed E-state index contributed by atoms with van der Waals surface area (Å²) in [6.45, 7) is 7.94. The van der Waals surface area contributed by atoms with E-state index in [1.165, 1.54) is 6.26 Å². The van der Waals surface area contributed by atoms with E-state index in [1.807, 2.05) is 26.0 Å². The maximum atomic E-state index is 12.6. The first-order chi connectivity index (χ1) is 13.2. The highest BCUT2D eigenvalue weighted by molar-refractivity contribution is 7.92. The number of H-pyrrole nitrogens is 1. The first-order valence-corrected chi connectivity index (χ1v) is 11.5. The van der Waals surface area contributed by atoms with Crippen LogP contribution in [0.4, 0.5) is 17.5 Å². The van der Waals surface area contributed by atoms with Crippen molar-refractivity contribution in [1.29, 1.82) is 0 Å². The van der Waals surface area contributed by atoms with Gasteiger partial charge in [0.2, 0.25) is 0 Å². The number of rotatable bonds is 5. The quantitative estimate of drug-likeness (QED) is 0.788. The largest absolute Gasteiger partial charge is 0.377 e. The van der Waals surface area contributed by atoms with Gasteiger partial charge in [0.05, 0.1) is 24.0 Å². The van der Waals surface area contributed by atoms with Gasteiger partial charge in [-0.15, -0.1) is 0 Å². The van der Waals surface area contributed by atoms with Crippen molar-refractivity contribution in [3.8, 4) is 0 Å². The molecule has 0 unspecified atom stereocenters. The Morgan fingerprint density at radius 3 is 2.64 bits per heavy atom. The Balaban J connectivity index is 1.83. The molecule has 9 heteroatoms. The molecule has 3 heterocycles. The monoisotopic (exact) mass is 405 g/mol. The number of morpholine rings is 1. The number of ether oxygens (including phenoxy) is 1. The zero-order chi connectivity index (χ0) is 20.1. The zero-order valence-corrected chi connectivity index (χ0v) is 17.6. The van der Waals surface area contributed by atoms with Gasteiger partial charge in [0, 0.05) is 24.6 Å². The lowest BCUT2D eigenvalue weighted by molar-refractivity contribution is 0.0985. The minimum Gasteiger partial charge on any atom is -0.377 e. The fourth-order valence-corrected chi connectivity index (χ4v) is 5.42. The van der Waals surface area contributed by atoms with Crippen LogP contribution in [0.15, 0.2) is 12.1 Å². The number of aromatic nitrogens is 3. The fourth-order valence-electron chi connectivity index (χ4n) is 3.96. The number of aromatic amines is 1. The molecule has 0 spiro atoms. The molecule has 1 saturated carbocycles. The summed E-state index contributed by atoms with van der Waals surface area (Å²) < 4.78 is 30.0. The van der Waals surface area contributed by atoms with E-state index >= 15 is 0 Å². The van der Waals surface area contributed by atoms with Crippen LogP contribution >= 0.6 is 0 Å². The van der Waals surface area contributed by atoms with Crippen LogP contribution in [0.25, 0.3) is 0 Å². The van der Waals surface area contributed by atoms with E-state index in [0.29, 0.717) is 37.7 Å². The van der Waals surface area contributed by atoms with Crippen LogP contribution in [-0.4, -0.2) is 55.7 Å². The number of hydrogen-bond acceptors (Lipinski definition) is 7. The molecule has 1 aliphatic carbocycles. The molecule has 0 bridgehead atoms. The summed E-state index contributed by atoms with van der Waals surface area (Å²) in [5, 5.41) is 10.4. The average molecular weight is 406 g/mol. The minimum absolute atomic E-state index is 0.172. The molecule has 28 heavy (non-hydrogen) atoms. The summed E-state index contributed by atoms with van der Waals surface area (Å²) in [7, 11) is -3.23. The smallest absolute Gasteiger partial charge is 0.157 e. The molecule has 0 radical (unpaired) electrons. The molecule has 1 saturated heterocycles. The van der Waals surface area contributed by atoms with Crippen LogP contribution < -0.4 is 10.2 Å². The van der Waals surface area contributed by atoms with Gasteiger partial charge in [-0.05, 0) is 50.8 Å². The third kappa shape index (κ3) is 3.26. The second kappa shape index (κ2) is 6.73. The van der Waals surface area contributed by atoms with Crippen LogP contribution in [0.2, 0.25) is 0 Å². The van der Waals surface area contributed by atoms with Gasteiger partial charge in [0.1, 0.15) is 11.6 Å². The van der Waals surface area contributed by atoms with E-state index in [9.17, 15) is 8.42 Å². The second-order valence-corrected chi connectivity index (χ2v) is 10.3. The van der Waals surface area contributed by atoms with Crippen molar-refractivity contribution in [2.75, 3.05) is 36.2 Å². The number of anilines is 3. The maximum Gasteiger partial charge on any atom is 0.157 e. The predicted octanol–water partition coefficient (Wildman–Crippen LogP) is 2.42. The standard InChI is InChI=1S/C19H27N5O3S/c1-12-9-16(23-22-12)20-18-14(3)15(19(5-6-19)28(4,25)26)10-17(21-18)24-7-8-27-11-13(24)2/h9-10,13H,5-8,11H2,1-4H3,(H2,20,21,22,23)/t13-/m1/s1. The summed E-state index contributed by atoms with van der Waals surface area (Å²) in [4.78, 5) is 7.03. The van der Waals surface area contributed by atoms with E-state index in [0.717, 1.165) is 29.2 Å². The molecular formula is C19H27N5O3S. The average Bonchev–Trinajstić information content (AvgIpc) is 3.35. The van der Waals surface area contributed by atoms with Gasteiger partial charge in [0.25, 0.3) is 0 Å². The highest BCUT2D eigenvalue weighted by atomic mass is 32.2. The van der Waals surface area contributed by atoms with Crippen LogP contribution in [0.3, 0.4) is 0 Å². The summed E-state index contributed by atoms with van der Waals surface area (Å²) >= 11 is 0. The van der Waals surface area contributed by atoms with Crippen molar-refractivity contribution in [2.45, 2.75) is 44.4 Å². The number of hydrogen-bond donors (Lipinski definition) is 2. The van der Waals surface area contributed by atoms with Crippen molar-refractivity contribution in [3.63, 3.8) is 0 Å². The Labute approximate surface area is 165 Å². The van der Waals surface area contributed by atoms with Gasteiger partial charge in [-0.1, -0.05) is 0 Å². The molecule has 8 nitrogen and oxygen atoms in total. The predicted molar refractivity (Wildman–Crippen MR) is 109 cm³/mol. The molecule has 0 amide bonds. The maximum absolute atomic E-state index is 12.6. The van der Waals surface area contributed by atoms with Crippen molar-refractivity contribution in [1.82, 2.24) is 15.2 Å². The van der Waals surface area contributed by atoms with Gasteiger partial charge in [-0.25, -0.2) is 13.4 Å². The molecule has 152 valence electrons. The van der Waals surface area contributed by atoms with E-state index in [4.69, 9.17) is 9.72 Å². The molecule has 2 aliphatic rings. The third-order valence-electron chi connectivity index (χ3n) is 5.78. The van der Waals surface area contributed by atoms with Crippen LogP contribution in [0, 0.1) is 13.8 Å². The lowest BCUT2D eigenvalue weighted by atomic mass is 10.0. The lowest BCUT2D eigenvalue weighted by Gasteiger charge is -2.35. The summed E-state index contributed by atoms with van der Waals surface area (Å²) in [5.74, 6) is 2.09. The summed E-state index contributed by atoms with van der Waals surface area (Å²) in [5.41, 5.74) is 2.63. The molecule has 2 aromatic heterocycles. The highest BCUT2D eigenvalue weighted by Gasteiger charge is 2.54. The van der Waals surface area contributed by atoms with Gasteiger partial charge >= 0.3 is 0 Å². The van der Waals surface area contributed by atoms with Crippen LogP contribution in [0.5, 0.6) is 0 Å². The Kier molecular flexibility index (Phi) is 4.62. The third-order valence-corrected chi connectivity index (χ3v) is 7.83. The minimum atomic E-state index is -3.23. The van der Waals surface area contributed by atoms with Crippen LogP contribution in [-0.2, 0) is 19.3 Å². The molecule has 4 rings (SSSR count). The Morgan fingerprint density at radius 2 is 2.07 bits per heavy atom. The summed E-state index contributed by atoms with van der Waals surface area (Å²) in [6, 6.07) is 4.03. The van der Waals surface area contributed by atoms with Gasteiger partial charge < -0.3 is 15.0 Å². The second-order valence-electron chi connectivity index (χ2n) is 7.95. The Bertz CT molecular complexity index is 997. The number of nitrogens with one attached hydrogen (secondary N) is 2. The van der Waals surface area contributed by atoms with Gasteiger partial charge in [-0.3, -0.25) is 5.10 Å². The zero-order valence-electron chi connectivity index (χ0n) is 16.7. The van der Waals surface area contributed by atoms with Crippen LogP contribution in [0.1, 0.15) is 36.6 Å². The molecule has 1 atom stereocenters. The molecule has 2 fully saturated rings. The first-order valence-electron chi connectivity index (χ1n) is 9.56. The summed E-state index contributed by atoms with van der Waals surface area (Å²) in [6.07, 6.45) is 2.63. The van der Waals surface area contributed by atoms with Gasteiger partial charge in [0.15, 0.2) is 15.7 Å². The number of pyridine rings is 1. The molecule has 2 aromatic rings. The van der Waals surface area contributed by atoms with E-state index in [1.54, 1.807) is 0 Å². The lowest BCUT2D eigenvalue weighted by Crippen LogP contribution is -2.44. The SMILES string of the molecule is Cc1cc(Nc2nc(N3CCOC[C@H]3C)cc(C3(S(C)(=O)=O)CC3)c2C)n[nH]1. The molecule has 2 N–H and O–H groups in total.